The summed E-state index contributed by atoms with van der Waals surface area (Å²) in [5, 5.41) is 0. The molecule has 2 rings (SSSR count). The van der Waals surface area contributed by atoms with Crippen LogP contribution < -0.4 is 14.2 Å². The van der Waals surface area contributed by atoms with E-state index in [2.05, 4.69) is 0 Å². The fourth-order valence-electron chi connectivity index (χ4n) is 1.77. The molecule has 0 heterocycles. The first-order valence-corrected chi connectivity index (χ1v) is 6.85. The van der Waals surface area contributed by atoms with E-state index >= 15 is 0 Å². The van der Waals surface area contributed by atoms with Crippen LogP contribution in [0.15, 0.2) is 48.5 Å². The van der Waals surface area contributed by atoms with Gasteiger partial charge in [-0.1, -0.05) is 0 Å². The van der Waals surface area contributed by atoms with Crippen LogP contribution in [0.1, 0.15) is 20.8 Å². The van der Waals surface area contributed by atoms with Crippen LogP contribution in [-0.4, -0.2) is 12.7 Å². The monoisotopic (exact) mass is 272 g/mol. The number of benzene rings is 2. The molecule has 0 atom stereocenters. The zero-order valence-corrected chi connectivity index (χ0v) is 12.1. The van der Waals surface area contributed by atoms with Crippen molar-refractivity contribution >= 4 is 0 Å². The molecular weight excluding hydrogens is 252 g/mol. The maximum atomic E-state index is 5.76. The predicted octanol–water partition coefficient (Wildman–Crippen LogP) is 4.66. The molecule has 0 spiro atoms. The van der Waals surface area contributed by atoms with Crippen molar-refractivity contribution in [3.8, 4) is 23.0 Å². The molecule has 0 fully saturated rings. The highest BCUT2D eigenvalue weighted by atomic mass is 16.5. The lowest BCUT2D eigenvalue weighted by atomic mass is 10.3. The topological polar surface area (TPSA) is 27.7 Å². The Hall–Kier alpha value is -2.16. The molecule has 0 aliphatic heterocycles. The largest absolute Gasteiger partial charge is 0.494 e. The molecule has 0 aromatic heterocycles. The third-order valence-electron chi connectivity index (χ3n) is 2.57. The number of hydrogen-bond acceptors (Lipinski definition) is 3. The molecule has 0 saturated heterocycles. The Balaban J connectivity index is 1.98. The summed E-state index contributed by atoms with van der Waals surface area (Å²) in [5.41, 5.74) is 0. The van der Waals surface area contributed by atoms with Crippen molar-refractivity contribution in [3.63, 3.8) is 0 Å². The zero-order chi connectivity index (χ0) is 14.4. The van der Waals surface area contributed by atoms with Gasteiger partial charge in [-0.3, -0.25) is 0 Å². The van der Waals surface area contributed by atoms with Crippen molar-refractivity contribution in [1.82, 2.24) is 0 Å². The van der Waals surface area contributed by atoms with E-state index in [0.717, 1.165) is 23.0 Å². The normalized spacial score (nSPS) is 10.4. The molecule has 0 aliphatic carbocycles. The van der Waals surface area contributed by atoms with E-state index in [9.17, 15) is 0 Å². The van der Waals surface area contributed by atoms with Gasteiger partial charge < -0.3 is 14.2 Å². The first-order valence-electron chi connectivity index (χ1n) is 6.85. The summed E-state index contributed by atoms with van der Waals surface area (Å²) in [5.74, 6) is 3.26. The molecular formula is C17H20O3. The maximum absolute atomic E-state index is 5.76. The molecule has 0 bridgehead atoms. The molecule has 106 valence electrons. The second kappa shape index (κ2) is 6.85. The van der Waals surface area contributed by atoms with Crippen LogP contribution in [0, 0.1) is 0 Å². The van der Waals surface area contributed by atoms with E-state index in [0.29, 0.717) is 6.61 Å². The average Bonchev–Trinajstić information content (AvgIpc) is 2.43. The van der Waals surface area contributed by atoms with Gasteiger partial charge in [-0.15, -0.1) is 0 Å². The molecule has 3 nitrogen and oxygen atoms in total. The van der Waals surface area contributed by atoms with Crippen LogP contribution in [0.5, 0.6) is 23.0 Å². The van der Waals surface area contributed by atoms with Crippen molar-refractivity contribution < 1.29 is 14.2 Å². The zero-order valence-electron chi connectivity index (χ0n) is 12.1. The van der Waals surface area contributed by atoms with Gasteiger partial charge in [0.15, 0.2) is 0 Å². The van der Waals surface area contributed by atoms with Gasteiger partial charge in [0.25, 0.3) is 0 Å². The quantitative estimate of drug-likeness (QED) is 0.765. The third kappa shape index (κ3) is 4.19. The lowest BCUT2D eigenvalue weighted by Crippen LogP contribution is -2.05. The Morgan fingerprint density at radius 1 is 0.750 bits per heavy atom. The van der Waals surface area contributed by atoms with Gasteiger partial charge in [-0.05, 0) is 69.3 Å². The standard InChI is InChI=1S/C17H20O3/c1-4-18-14-5-7-16(8-6-14)20-17-11-9-15(10-12-17)19-13(2)3/h5-13H,4H2,1-3H3. The van der Waals surface area contributed by atoms with E-state index in [1.54, 1.807) is 0 Å². The summed E-state index contributed by atoms with van der Waals surface area (Å²) < 4.78 is 16.7. The van der Waals surface area contributed by atoms with E-state index in [4.69, 9.17) is 14.2 Å². The fourth-order valence-corrected chi connectivity index (χ4v) is 1.77. The van der Waals surface area contributed by atoms with Gasteiger partial charge in [-0.2, -0.15) is 0 Å². The Kier molecular flexibility index (Phi) is 4.88. The SMILES string of the molecule is CCOc1ccc(Oc2ccc(OC(C)C)cc2)cc1. The molecule has 0 radical (unpaired) electrons. The summed E-state index contributed by atoms with van der Waals surface area (Å²) in [4.78, 5) is 0. The Bertz CT molecular complexity index is 515. The molecule has 0 amide bonds. The lowest BCUT2D eigenvalue weighted by molar-refractivity contribution is 0.242. The van der Waals surface area contributed by atoms with E-state index in [1.165, 1.54) is 0 Å². The first-order chi connectivity index (χ1) is 9.67. The smallest absolute Gasteiger partial charge is 0.127 e. The number of ether oxygens (including phenoxy) is 3. The number of rotatable bonds is 6. The highest BCUT2D eigenvalue weighted by molar-refractivity contribution is 5.37. The summed E-state index contributed by atoms with van der Waals surface area (Å²) in [7, 11) is 0. The van der Waals surface area contributed by atoms with Crippen LogP contribution in [0.4, 0.5) is 0 Å². The summed E-state index contributed by atoms with van der Waals surface area (Å²) >= 11 is 0. The second-order valence-corrected chi connectivity index (χ2v) is 4.64. The third-order valence-corrected chi connectivity index (χ3v) is 2.57. The van der Waals surface area contributed by atoms with Gasteiger partial charge in [0.2, 0.25) is 0 Å². The molecule has 2 aromatic carbocycles. The van der Waals surface area contributed by atoms with E-state index in [-0.39, 0.29) is 6.10 Å². The van der Waals surface area contributed by atoms with Gasteiger partial charge in [0, 0.05) is 0 Å². The molecule has 3 heteroatoms. The minimum absolute atomic E-state index is 0.174. The van der Waals surface area contributed by atoms with Crippen molar-refractivity contribution in [3.05, 3.63) is 48.5 Å². The fraction of sp³-hybridized carbons (Fsp3) is 0.294. The molecule has 0 saturated carbocycles. The molecule has 0 N–H and O–H groups in total. The first kappa shape index (κ1) is 14.3. The molecule has 20 heavy (non-hydrogen) atoms. The molecule has 2 aromatic rings. The van der Waals surface area contributed by atoms with Crippen LogP contribution in [-0.2, 0) is 0 Å². The van der Waals surface area contributed by atoms with Gasteiger partial charge >= 0.3 is 0 Å². The van der Waals surface area contributed by atoms with Crippen molar-refractivity contribution in [1.29, 1.82) is 0 Å². The van der Waals surface area contributed by atoms with Crippen LogP contribution in [0.2, 0.25) is 0 Å². The summed E-state index contributed by atoms with van der Waals surface area (Å²) in [6.07, 6.45) is 0.174. The van der Waals surface area contributed by atoms with Crippen LogP contribution >= 0.6 is 0 Å². The Labute approximate surface area is 120 Å². The number of hydrogen-bond donors (Lipinski definition) is 0. The van der Waals surface area contributed by atoms with Gasteiger partial charge in [0.05, 0.1) is 12.7 Å². The van der Waals surface area contributed by atoms with Crippen molar-refractivity contribution in [2.75, 3.05) is 6.61 Å². The minimum atomic E-state index is 0.174. The van der Waals surface area contributed by atoms with Gasteiger partial charge in [-0.25, -0.2) is 0 Å². The highest BCUT2D eigenvalue weighted by Crippen LogP contribution is 2.25. The summed E-state index contributed by atoms with van der Waals surface area (Å²) in [6.45, 7) is 6.64. The molecule has 0 unspecified atom stereocenters. The Morgan fingerprint density at radius 3 is 1.65 bits per heavy atom. The maximum Gasteiger partial charge on any atom is 0.127 e. The Morgan fingerprint density at radius 2 is 1.20 bits per heavy atom. The predicted molar refractivity (Wildman–Crippen MR) is 79.9 cm³/mol. The van der Waals surface area contributed by atoms with Crippen LogP contribution in [0.3, 0.4) is 0 Å². The van der Waals surface area contributed by atoms with E-state index in [1.807, 2.05) is 69.3 Å². The average molecular weight is 272 g/mol. The van der Waals surface area contributed by atoms with Crippen molar-refractivity contribution in [2.45, 2.75) is 26.9 Å². The summed E-state index contributed by atoms with van der Waals surface area (Å²) in [6, 6.07) is 15.2. The van der Waals surface area contributed by atoms with Crippen LogP contribution in [0.25, 0.3) is 0 Å². The van der Waals surface area contributed by atoms with E-state index < -0.39 is 0 Å². The second-order valence-electron chi connectivity index (χ2n) is 4.64. The minimum Gasteiger partial charge on any atom is -0.494 e. The lowest BCUT2D eigenvalue weighted by Gasteiger charge is -2.11. The molecule has 0 aliphatic rings. The van der Waals surface area contributed by atoms with Crippen molar-refractivity contribution in [2.24, 2.45) is 0 Å². The highest BCUT2D eigenvalue weighted by Gasteiger charge is 2.01. The van der Waals surface area contributed by atoms with Gasteiger partial charge in [0.1, 0.15) is 23.0 Å².